The van der Waals surface area contributed by atoms with Gasteiger partial charge in [0.2, 0.25) is 0 Å². The van der Waals surface area contributed by atoms with Gasteiger partial charge in [0.1, 0.15) is 18.7 Å². The zero-order valence-electron chi connectivity index (χ0n) is 13.9. The normalized spacial score (nSPS) is 11.9. The fourth-order valence-corrected chi connectivity index (χ4v) is 2.45. The van der Waals surface area contributed by atoms with Crippen LogP contribution in [0.25, 0.3) is 17.0 Å². The highest BCUT2D eigenvalue weighted by molar-refractivity contribution is 5.63. The lowest BCUT2D eigenvalue weighted by Gasteiger charge is -2.07. The molecule has 1 aromatic carbocycles. The van der Waals surface area contributed by atoms with E-state index >= 15 is 0 Å². The fourth-order valence-electron chi connectivity index (χ4n) is 2.45. The zero-order chi connectivity index (χ0) is 19.0. The van der Waals surface area contributed by atoms with Crippen LogP contribution < -0.4 is 4.74 Å². The number of imidazole rings is 1. The van der Waals surface area contributed by atoms with Crippen LogP contribution in [0.2, 0.25) is 0 Å². The summed E-state index contributed by atoms with van der Waals surface area (Å²) in [5.74, 6) is 0.946. The first-order chi connectivity index (χ1) is 12.9. The molecule has 11 heteroatoms. The average Bonchev–Trinajstić information content (AvgIpc) is 3.25. The highest BCUT2D eigenvalue weighted by atomic mass is 19.4. The first-order valence-electron chi connectivity index (χ1n) is 7.76. The number of halogens is 3. The molecule has 0 saturated carbocycles. The van der Waals surface area contributed by atoms with Crippen molar-refractivity contribution in [1.82, 2.24) is 34.3 Å². The van der Waals surface area contributed by atoms with E-state index in [-0.39, 0.29) is 12.4 Å². The topological polar surface area (TPSA) is 83.0 Å². The molecule has 4 aromatic rings. The third kappa shape index (κ3) is 3.43. The van der Waals surface area contributed by atoms with E-state index in [2.05, 4.69) is 25.1 Å². The van der Waals surface area contributed by atoms with Gasteiger partial charge in [-0.05, 0) is 12.1 Å². The molecule has 0 unspecified atom stereocenters. The van der Waals surface area contributed by atoms with Gasteiger partial charge in [0.05, 0.1) is 18.1 Å². The van der Waals surface area contributed by atoms with Crippen molar-refractivity contribution in [1.29, 1.82) is 0 Å². The van der Waals surface area contributed by atoms with E-state index in [0.29, 0.717) is 29.0 Å². The zero-order valence-corrected chi connectivity index (χ0v) is 13.9. The molecule has 3 heterocycles. The standard InChI is InChI=1S/C16H12F3N7O/c1-25-9-21-14(24-25)8-27-11-4-2-3-10(5-11)12-6-20-15-23-13(16(17,18)19)7-22-26(12)15/h2-7,9H,8H2,1H3. The summed E-state index contributed by atoms with van der Waals surface area (Å²) in [6, 6.07) is 7.01. The van der Waals surface area contributed by atoms with E-state index in [1.807, 2.05) is 0 Å². The smallest absolute Gasteiger partial charge is 0.435 e. The quantitative estimate of drug-likeness (QED) is 0.545. The summed E-state index contributed by atoms with van der Waals surface area (Å²) in [6.45, 7) is 0.187. The number of fused-ring (bicyclic) bond motifs is 1. The summed E-state index contributed by atoms with van der Waals surface area (Å²) in [6.07, 6.45) is -0.921. The molecule has 27 heavy (non-hydrogen) atoms. The van der Waals surface area contributed by atoms with E-state index < -0.39 is 11.9 Å². The molecule has 0 N–H and O–H groups in total. The Morgan fingerprint density at radius 1 is 1.15 bits per heavy atom. The van der Waals surface area contributed by atoms with Crippen LogP contribution in [0.5, 0.6) is 5.75 Å². The number of benzene rings is 1. The molecule has 8 nitrogen and oxygen atoms in total. The monoisotopic (exact) mass is 375 g/mol. The summed E-state index contributed by atoms with van der Waals surface area (Å²) < 4.78 is 46.8. The van der Waals surface area contributed by atoms with Gasteiger partial charge < -0.3 is 4.74 Å². The van der Waals surface area contributed by atoms with Gasteiger partial charge in [-0.1, -0.05) is 12.1 Å². The molecule has 3 aromatic heterocycles. The summed E-state index contributed by atoms with van der Waals surface area (Å²) >= 11 is 0. The fraction of sp³-hybridized carbons (Fsp3) is 0.188. The molecule has 4 rings (SSSR count). The molecule has 0 saturated heterocycles. The van der Waals surface area contributed by atoms with E-state index in [4.69, 9.17) is 4.74 Å². The second kappa shape index (κ2) is 6.34. The van der Waals surface area contributed by atoms with Crippen LogP contribution in [0.4, 0.5) is 13.2 Å². The number of aromatic nitrogens is 7. The Balaban J connectivity index is 1.61. The maximum absolute atomic E-state index is 12.8. The predicted molar refractivity (Wildman–Crippen MR) is 86.6 cm³/mol. The van der Waals surface area contributed by atoms with Crippen LogP contribution in [0.3, 0.4) is 0 Å². The third-order valence-corrected chi connectivity index (χ3v) is 3.67. The number of hydrogen-bond acceptors (Lipinski definition) is 6. The Labute approximate surface area is 150 Å². The molecule has 0 spiro atoms. The van der Waals surface area contributed by atoms with Crippen LogP contribution in [0.1, 0.15) is 11.5 Å². The molecule has 138 valence electrons. The Hall–Kier alpha value is -3.50. The average molecular weight is 375 g/mol. The minimum absolute atomic E-state index is 0.135. The summed E-state index contributed by atoms with van der Waals surface area (Å²) in [5, 5.41) is 7.94. The molecule has 0 atom stereocenters. The summed E-state index contributed by atoms with van der Waals surface area (Å²) in [7, 11) is 1.76. The largest absolute Gasteiger partial charge is 0.486 e. The Morgan fingerprint density at radius 2 is 2.00 bits per heavy atom. The lowest BCUT2D eigenvalue weighted by molar-refractivity contribution is -0.141. The number of nitrogens with zero attached hydrogens (tertiary/aromatic N) is 7. The van der Waals surface area contributed by atoms with Gasteiger partial charge in [-0.25, -0.2) is 15.0 Å². The molecular formula is C16H12F3N7O. The molecule has 0 bridgehead atoms. The highest BCUT2D eigenvalue weighted by Crippen LogP contribution is 2.28. The second-order valence-corrected chi connectivity index (χ2v) is 5.65. The van der Waals surface area contributed by atoms with Gasteiger partial charge in [0, 0.05) is 12.6 Å². The number of hydrogen-bond donors (Lipinski definition) is 0. The van der Waals surface area contributed by atoms with Crippen molar-refractivity contribution in [3.63, 3.8) is 0 Å². The summed E-state index contributed by atoms with van der Waals surface area (Å²) in [4.78, 5) is 11.5. The molecule has 0 aliphatic heterocycles. The SMILES string of the molecule is Cn1cnc(COc2cccc(-c3cnc4nc(C(F)(F)F)cnn34)c2)n1. The Kier molecular flexibility index (Phi) is 3.98. The van der Waals surface area contributed by atoms with Gasteiger partial charge >= 0.3 is 6.18 Å². The first-order valence-corrected chi connectivity index (χ1v) is 7.76. The van der Waals surface area contributed by atoms with Gasteiger partial charge in [-0.2, -0.15) is 27.9 Å². The lowest BCUT2D eigenvalue weighted by atomic mass is 10.1. The van der Waals surface area contributed by atoms with Crippen molar-refractivity contribution in [2.24, 2.45) is 7.05 Å². The molecule has 0 aliphatic rings. The van der Waals surface area contributed by atoms with E-state index in [9.17, 15) is 13.2 Å². The van der Waals surface area contributed by atoms with Crippen LogP contribution >= 0.6 is 0 Å². The number of aryl methyl sites for hydroxylation is 1. The maximum atomic E-state index is 12.8. The second-order valence-electron chi connectivity index (χ2n) is 5.65. The van der Waals surface area contributed by atoms with Gasteiger partial charge in [-0.3, -0.25) is 4.68 Å². The molecular weight excluding hydrogens is 363 g/mol. The van der Waals surface area contributed by atoms with Crippen LogP contribution in [-0.2, 0) is 19.8 Å². The summed E-state index contributed by atoms with van der Waals surface area (Å²) in [5.41, 5.74) is 0.0720. The molecule has 0 radical (unpaired) electrons. The number of rotatable bonds is 4. The number of alkyl halides is 3. The minimum Gasteiger partial charge on any atom is -0.486 e. The molecule has 0 amide bonds. The Bertz CT molecular complexity index is 1100. The van der Waals surface area contributed by atoms with Gasteiger partial charge in [-0.15, -0.1) is 0 Å². The minimum atomic E-state index is -4.58. The maximum Gasteiger partial charge on any atom is 0.435 e. The van der Waals surface area contributed by atoms with E-state index in [0.717, 1.165) is 0 Å². The van der Waals surface area contributed by atoms with Crippen molar-refractivity contribution in [3.05, 3.63) is 54.5 Å². The lowest BCUT2D eigenvalue weighted by Crippen LogP contribution is -2.11. The Morgan fingerprint density at radius 3 is 2.74 bits per heavy atom. The van der Waals surface area contributed by atoms with Gasteiger partial charge in [0.15, 0.2) is 11.5 Å². The third-order valence-electron chi connectivity index (χ3n) is 3.67. The van der Waals surface area contributed by atoms with Crippen molar-refractivity contribution < 1.29 is 17.9 Å². The van der Waals surface area contributed by atoms with Crippen LogP contribution in [0, 0.1) is 0 Å². The van der Waals surface area contributed by atoms with Gasteiger partial charge in [0.25, 0.3) is 5.78 Å². The van der Waals surface area contributed by atoms with E-state index in [1.54, 1.807) is 42.3 Å². The van der Waals surface area contributed by atoms with Crippen molar-refractivity contribution >= 4 is 5.78 Å². The first kappa shape index (κ1) is 16.9. The molecule has 0 aliphatic carbocycles. The van der Waals surface area contributed by atoms with E-state index in [1.165, 1.54) is 10.7 Å². The number of ether oxygens (including phenoxy) is 1. The van der Waals surface area contributed by atoms with Crippen molar-refractivity contribution in [3.8, 4) is 17.0 Å². The van der Waals surface area contributed by atoms with Crippen LogP contribution in [0.15, 0.2) is 43.0 Å². The van der Waals surface area contributed by atoms with Crippen molar-refractivity contribution in [2.75, 3.05) is 0 Å². The molecule has 0 fully saturated rings. The van der Waals surface area contributed by atoms with Crippen LogP contribution in [-0.4, -0.2) is 34.3 Å². The highest BCUT2D eigenvalue weighted by Gasteiger charge is 2.33. The predicted octanol–water partition coefficient (Wildman–Crippen LogP) is 2.52. The van der Waals surface area contributed by atoms with Crippen molar-refractivity contribution in [2.45, 2.75) is 12.8 Å².